The highest BCUT2D eigenvalue weighted by Crippen LogP contribution is 2.10. The van der Waals surface area contributed by atoms with Crippen molar-refractivity contribution in [1.29, 1.82) is 0 Å². The zero-order chi connectivity index (χ0) is 10.6. The molecule has 1 aromatic carbocycles. The second kappa shape index (κ2) is 4.52. The maximum Gasteiger partial charge on any atom is 0.333 e. The minimum absolute atomic E-state index is 0.247. The Bertz CT molecular complexity index is 376. The van der Waals surface area contributed by atoms with Crippen molar-refractivity contribution in [3.05, 3.63) is 35.9 Å². The summed E-state index contributed by atoms with van der Waals surface area (Å²) in [6.07, 6.45) is -0.960. The molecule has 0 aromatic heterocycles. The van der Waals surface area contributed by atoms with Crippen LogP contribution in [0.4, 0.5) is 0 Å². The van der Waals surface area contributed by atoms with Gasteiger partial charge >= 0.3 is 10.3 Å². The monoisotopic (exact) mass is 217 g/mol. The average Bonchev–Trinajstić information content (AvgIpc) is 2.14. The maximum atomic E-state index is 10.3. The predicted molar refractivity (Wildman–Crippen MR) is 51.0 cm³/mol. The molecule has 0 radical (unpaired) electrons. The number of hydrogen-bond acceptors (Lipinski definition) is 3. The van der Waals surface area contributed by atoms with E-state index in [1.165, 1.54) is 0 Å². The fourth-order valence-electron chi connectivity index (χ4n) is 0.977. The fraction of sp³-hybridized carbons (Fsp3) is 0.250. The van der Waals surface area contributed by atoms with Crippen molar-refractivity contribution in [3.63, 3.8) is 0 Å². The summed E-state index contributed by atoms with van der Waals surface area (Å²) in [6.45, 7) is -0.247. The van der Waals surface area contributed by atoms with Crippen molar-refractivity contribution in [3.8, 4) is 0 Å². The Morgan fingerprint density at radius 1 is 1.29 bits per heavy atom. The smallest absolute Gasteiger partial charge is 0.333 e. The first kappa shape index (κ1) is 11.1. The maximum absolute atomic E-state index is 10.3. The Morgan fingerprint density at radius 3 is 2.36 bits per heavy atom. The summed E-state index contributed by atoms with van der Waals surface area (Å²) >= 11 is 0. The molecule has 1 rings (SSSR count). The summed E-state index contributed by atoms with van der Waals surface area (Å²) in [5.41, 5.74) is 0.587. The van der Waals surface area contributed by atoms with Gasteiger partial charge in [-0.15, -0.1) is 0 Å². The van der Waals surface area contributed by atoms with Crippen LogP contribution < -0.4 is 4.72 Å². The second-order valence-electron chi connectivity index (χ2n) is 2.75. The summed E-state index contributed by atoms with van der Waals surface area (Å²) in [4.78, 5) is 0. The van der Waals surface area contributed by atoms with Crippen LogP contribution in [0.2, 0.25) is 0 Å². The first-order chi connectivity index (χ1) is 6.49. The average molecular weight is 217 g/mol. The fourth-order valence-corrected chi connectivity index (χ4v) is 1.35. The highest BCUT2D eigenvalue weighted by atomic mass is 32.2. The molecule has 0 aliphatic rings. The predicted octanol–water partition coefficient (Wildman–Crippen LogP) is 0.112. The lowest BCUT2D eigenvalue weighted by Crippen LogP contribution is -2.27. The van der Waals surface area contributed by atoms with E-state index in [1.807, 2.05) is 0 Å². The quantitative estimate of drug-likeness (QED) is 0.625. The molecular formula is C8H11NO4S. The molecule has 14 heavy (non-hydrogen) atoms. The second-order valence-corrected chi connectivity index (χ2v) is 3.99. The summed E-state index contributed by atoms with van der Waals surface area (Å²) < 4.78 is 30.8. The Hall–Kier alpha value is -0.950. The molecule has 78 valence electrons. The minimum atomic E-state index is -4.24. The molecule has 3 N–H and O–H groups in total. The number of aliphatic hydroxyl groups excluding tert-OH is 1. The Morgan fingerprint density at radius 2 is 1.86 bits per heavy atom. The van der Waals surface area contributed by atoms with Crippen LogP contribution in [-0.4, -0.2) is 24.6 Å². The number of rotatable bonds is 4. The highest BCUT2D eigenvalue weighted by Gasteiger charge is 2.10. The van der Waals surface area contributed by atoms with E-state index in [2.05, 4.69) is 0 Å². The van der Waals surface area contributed by atoms with Crippen molar-refractivity contribution in [2.24, 2.45) is 0 Å². The molecule has 0 heterocycles. The van der Waals surface area contributed by atoms with Gasteiger partial charge in [0.25, 0.3) is 0 Å². The molecule has 1 unspecified atom stereocenters. The number of aliphatic hydroxyl groups is 1. The lowest BCUT2D eigenvalue weighted by Gasteiger charge is -2.09. The number of hydrogen-bond donors (Lipinski definition) is 3. The van der Waals surface area contributed by atoms with E-state index in [4.69, 9.17) is 4.55 Å². The van der Waals surface area contributed by atoms with Crippen LogP contribution in [0.5, 0.6) is 0 Å². The molecule has 0 aliphatic heterocycles. The van der Waals surface area contributed by atoms with E-state index in [9.17, 15) is 13.5 Å². The summed E-state index contributed by atoms with van der Waals surface area (Å²) in [6, 6.07) is 8.57. The summed E-state index contributed by atoms with van der Waals surface area (Å²) in [5.74, 6) is 0. The van der Waals surface area contributed by atoms with Gasteiger partial charge in [-0.05, 0) is 5.56 Å². The molecule has 1 atom stereocenters. The van der Waals surface area contributed by atoms with Crippen LogP contribution in [0.3, 0.4) is 0 Å². The zero-order valence-electron chi connectivity index (χ0n) is 7.29. The topological polar surface area (TPSA) is 86.6 Å². The van der Waals surface area contributed by atoms with Crippen molar-refractivity contribution in [2.45, 2.75) is 6.10 Å². The molecule has 5 nitrogen and oxygen atoms in total. The van der Waals surface area contributed by atoms with Crippen LogP contribution in [0, 0.1) is 0 Å². The van der Waals surface area contributed by atoms with Gasteiger partial charge in [-0.2, -0.15) is 13.1 Å². The van der Waals surface area contributed by atoms with E-state index in [1.54, 1.807) is 35.1 Å². The van der Waals surface area contributed by atoms with Gasteiger partial charge in [0.15, 0.2) is 0 Å². The zero-order valence-corrected chi connectivity index (χ0v) is 8.11. The SMILES string of the molecule is O=S(=O)(O)NCC(O)c1ccccc1. The van der Waals surface area contributed by atoms with Crippen molar-refractivity contribution >= 4 is 10.3 Å². The minimum Gasteiger partial charge on any atom is -0.387 e. The standard InChI is InChI=1S/C8H11NO4S/c10-8(6-9-14(11,12)13)7-4-2-1-3-5-7/h1-5,8-10H,6H2,(H,11,12,13). The van der Waals surface area contributed by atoms with Gasteiger partial charge in [0.05, 0.1) is 6.10 Å². The van der Waals surface area contributed by atoms with Gasteiger partial charge in [-0.3, -0.25) is 4.55 Å². The third kappa shape index (κ3) is 3.84. The Labute approximate surface area is 82.3 Å². The van der Waals surface area contributed by atoms with E-state index in [0.29, 0.717) is 5.56 Å². The largest absolute Gasteiger partial charge is 0.387 e. The summed E-state index contributed by atoms with van der Waals surface area (Å²) in [5, 5.41) is 9.45. The van der Waals surface area contributed by atoms with Crippen LogP contribution in [0.25, 0.3) is 0 Å². The highest BCUT2D eigenvalue weighted by molar-refractivity contribution is 7.83. The molecule has 0 saturated carbocycles. The van der Waals surface area contributed by atoms with Crippen LogP contribution in [0.15, 0.2) is 30.3 Å². The third-order valence-electron chi connectivity index (χ3n) is 1.64. The third-order valence-corrected chi connectivity index (χ3v) is 2.17. The molecular weight excluding hydrogens is 206 g/mol. The van der Waals surface area contributed by atoms with E-state index >= 15 is 0 Å². The van der Waals surface area contributed by atoms with E-state index < -0.39 is 16.4 Å². The molecule has 0 aliphatic carbocycles. The first-order valence-electron chi connectivity index (χ1n) is 3.94. The van der Waals surface area contributed by atoms with Gasteiger partial charge in [-0.1, -0.05) is 30.3 Å². The van der Waals surface area contributed by atoms with Gasteiger partial charge in [0.1, 0.15) is 0 Å². The Balaban J connectivity index is 2.56. The summed E-state index contributed by atoms with van der Waals surface area (Å²) in [7, 11) is -4.24. The van der Waals surface area contributed by atoms with Gasteiger partial charge in [0, 0.05) is 6.54 Å². The first-order valence-corrected chi connectivity index (χ1v) is 5.38. The molecule has 0 amide bonds. The van der Waals surface area contributed by atoms with Crippen LogP contribution >= 0.6 is 0 Å². The van der Waals surface area contributed by atoms with Crippen LogP contribution in [0.1, 0.15) is 11.7 Å². The van der Waals surface area contributed by atoms with Crippen molar-refractivity contribution < 1.29 is 18.1 Å². The molecule has 6 heteroatoms. The molecule has 0 spiro atoms. The van der Waals surface area contributed by atoms with Gasteiger partial charge in [-0.25, -0.2) is 0 Å². The van der Waals surface area contributed by atoms with Gasteiger partial charge < -0.3 is 5.11 Å². The lowest BCUT2D eigenvalue weighted by molar-refractivity contribution is 0.181. The van der Waals surface area contributed by atoms with Crippen molar-refractivity contribution in [2.75, 3.05) is 6.54 Å². The number of nitrogens with one attached hydrogen (secondary N) is 1. The number of benzene rings is 1. The normalized spacial score (nSPS) is 13.9. The van der Waals surface area contributed by atoms with Crippen LogP contribution in [-0.2, 0) is 10.3 Å². The van der Waals surface area contributed by atoms with Crippen molar-refractivity contribution in [1.82, 2.24) is 4.72 Å². The van der Waals surface area contributed by atoms with Gasteiger partial charge in [0.2, 0.25) is 0 Å². The molecule has 1 aromatic rings. The molecule has 0 fully saturated rings. The molecule has 0 saturated heterocycles. The van der Waals surface area contributed by atoms with E-state index in [0.717, 1.165) is 0 Å². The van der Waals surface area contributed by atoms with E-state index in [-0.39, 0.29) is 6.54 Å². The lowest BCUT2D eigenvalue weighted by atomic mass is 10.1. The molecule has 0 bridgehead atoms. The Kier molecular flexibility index (Phi) is 3.59.